The van der Waals surface area contributed by atoms with E-state index in [4.69, 9.17) is 0 Å². The lowest BCUT2D eigenvalue weighted by atomic mass is 10.1. The average Bonchev–Trinajstić information content (AvgIpc) is 2.85. The van der Waals surface area contributed by atoms with Gasteiger partial charge in [-0.15, -0.1) is 0 Å². The van der Waals surface area contributed by atoms with Crippen LogP contribution in [0.15, 0.2) is 0 Å². The van der Waals surface area contributed by atoms with Gasteiger partial charge in [0.2, 0.25) is 0 Å². The van der Waals surface area contributed by atoms with Gasteiger partial charge in [-0.1, -0.05) is 12.8 Å². The Kier molecular flexibility index (Phi) is 3.73. The summed E-state index contributed by atoms with van der Waals surface area (Å²) in [4.78, 5) is 16.9. The smallest absolute Gasteiger partial charge is 0.317 e. The molecule has 0 saturated carbocycles. The Morgan fingerprint density at radius 3 is 2.44 bits per heavy atom. The molecule has 0 spiro atoms. The molecule has 3 aliphatic heterocycles. The van der Waals surface area contributed by atoms with E-state index < -0.39 is 0 Å². The number of hydrogen-bond acceptors (Lipinski definition) is 2. The highest BCUT2D eigenvalue weighted by Gasteiger charge is 2.38. The second-order valence-electron chi connectivity index (χ2n) is 5.99. The van der Waals surface area contributed by atoms with E-state index >= 15 is 0 Å². The van der Waals surface area contributed by atoms with E-state index in [1.54, 1.807) is 0 Å². The molecule has 2 amide bonds. The van der Waals surface area contributed by atoms with Crippen molar-refractivity contribution in [3.63, 3.8) is 0 Å². The van der Waals surface area contributed by atoms with Crippen LogP contribution in [0.4, 0.5) is 4.79 Å². The molecule has 2 unspecified atom stereocenters. The van der Waals surface area contributed by atoms with Crippen LogP contribution in [-0.2, 0) is 0 Å². The van der Waals surface area contributed by atoms with Crippen molar-refractivity contribution in [2.45, 2.75) is 57.0 Å². The van der Waals surface area contributed by atoms with Crippen LogP contribution in [0.5, 0.6) is 0 Å². The van der Waals surface area contributed by atoms with Crippen LogP contribution in [0.25, 0.3) is 0 Å². The first-order chi connectivity index (χ1) is 8.84. The van der Waals surface area contributed by atoms with Crippen molar-refractivity contribution in [3.8, 4) is 0 Å². The molecule has 0 bridgehead atoms. The van der Waals surface area contributed by atoms with E-state index in [2.05, 4.69) is 10.2 Å². The first kappa shape index (κ1) is 12.3. The summed E-state index contributed by atoms with van der Waals surface area (Å²) < 4.78 is 0. The number of nitrogens with one attached hydrogen (secondary N) is 1. The van der Waals surface area contributed by atoms with Gasteiger partial charge in [0.25, 0.3) is 0 Å². The van der Waals surface area contributed by atoms with Crippen LogP contribution in [0.1, 0.15) is 44.9 Å². The quantitative estimate of drug-likeness (QED) is 0.771. The largest absolute Gasteiger partial charge is 0.334 e. The van der Waals surface area contributed by atoms with E-state index in [1.165, 1.54) is 51.6 Å². The molecule has 3 heterocycles. The molecule has 3 fully saturated rings. The van der Waals surface area contributed by atoms with Crippen LogP contribution < -0.4 is 5.32 Å². The van der Waals surface area contributed by atoms with Crippen molar-refractivity contribution < 1.29 is 4.79 Å². The third-order valence-corrected chi connectivity index (χ3v) is 4.81. The predicted molar refractivity (Wildman–Crippen MR) is 71.6 cm³/mol. The Labute approximate surface area is 110 Å². The zero-order chi connectivity index (χ0) is 12.4. The Morgan fingerprint density at radius 1 is 0.889 bits per heavy atom. The summed E-state index contributed by atoms with van der Waals surface area (Å²) in [6, 6.07) is 1.22. The Hall–Kier alpha value is -0.770. The summed E-state index contributed by atoms with van der Waals surface area (Å²) in [7, 11) is 0. The Balaban J connectivity index is 1.53. The molecule has 102 valence electrons. The minimum absolute atomic E-state index is 0.190. The van der Waals surface area contributed by atoms with Gasteiger partial charge in [-0.05, 0) is 38.6 Å². The minimum Gasteiger partial charge on any atom is -0.334 e. The standard InChI is InChI=1S/C14H25N3O/c18-14(17-8-3-1-2-4-9-17)15-12-7-11-16-10-5-6-13(12)16/h12-13H,1-11H2,(H,15,18). The Bertz CT molecular complexity index is 299. The summed E-state index contributed by atoms with van der Waals surface area (Å²) in [6.07, 6.45) is 8.63. The van der Waals surface area contributed by atoms with Gasteiger partial charge in [0.1, 0.15) is 0 Å². The number of hydrogen-bond donors (Lipinski definition) is 1. The summed E-state index contributed by atoms with van der Waals surface area (Å²) in [5, 5.41) is 3.29. The third-order valence-electron chi connectivity index (χ3n) is 4.81. The maximum atomic E-state index is 12.3. The maximum absolute atomic E-state index is 12.3. The van der Waals surface area contributed by atoms with Crippen LogP contribution in [0, 0.1) is 0 Å². The third kappa shape index (κ3) is 2.48. The number of amides is 2. The number of rotatable bonds is 1. The monoisotopic (exact) mass is 251 g/mol. The minimum atomic E-state index is 0.190. The lowest BCUT2D eigenvalue weighted by Crippen LogP contribution is -2.48. The molecule has 3 rings (SSSR count). The predicted octanol–water partition coefficient (Wildman–Crippen LogP) is 1.81. The van der Waals surface area contributed by atoms with Gasteiger partial charge in [-0.3, -0.25) is 4.90 Å². The number of fused-ring (bicyclic) bond motifs is 1. The van der Waals surface area contributed by atoms with E-state index in [0.29, 0.717) is 12.1 Å². The zero-order valence-electron chi connectivity index (χ0n) is 11.2. The summed E-state index contributed by atoms with van der Waals surface area (Å²) in [5.74, 6) is 0. The second-order valence-corrected chi connectivity index (χ2v) is 5.99. The number of likely N-dealkylation sites (tertiary alicyclic amines) is 1. The first-order valence-corrected chi connectivity index (χ1v) is 7.64. The van der Waals surface area contributed by atoms with Gasteiger partial charge in [0.15, 0.2) is 0 Å². The topological polar surface area (TPSA) is 35.6 Å². The number of carbonyl (C=O) groups is 1. The van der Waals surface area contributed by atoms with Crippen LogP contribution >= 0.6 is 0 Å². The molecule has 3 saturated heterocycles. The fourth-order valence-corrected chi connectivity index (χ4v) is 3.77. The lowest BCUT2D eigenvalue weighted by Gasteiger charge is -2.26. The van der Waals surface area contributed by atoms with E-state index in [9.17, 15) is 4.79 Å². The van der Waals surface area contributed by atoms with Gasteiger partial charge >= 0.3 is 6.03 Å². The highest BCUT2D eigenvalue weighted by molar-refractivity contribution is 5.74. The van der Waals surface area contributed by atoms with Gasteiger partial charge in [0, 0.05) is 31.7 Å². The molecular formula is C14H25N3O. The lowest BCUT2D eigenvalue weighted by molar-refractivity contribution is 0.192. The van der Waals surface area contributed by atoms with E-state index in [0.717, 1.165) is 19.5 Å². The van der Waals surface area contributed by atoms with Crippen molar-refractivity contribution in [1.82, 2.24) is 15.1 Å². The fourth-order valence-electron chi connectivity index (χ4n) is 3.77. The maximum Gasteiger partial charge on any atom is 0.317 e. The van der Waals surface area contributed by atoms with Crippen LogP contribution in [-0.4, -0.2) is 54.1 Å². The molecule has 3 aliphatic rings. The SMILES string of the molecule is O=C(NC1CCN2CCCC12)N1CCCCCC1. The van der Waals surface area contributed by atoms with Crippen molar-refractivity contribution in [2.24, 2.45) is 0 Å². The van der Waals surface area contributed by atoms with Gasteiger partial charge in [-0.2, -0.15) is 0 Å². The molecule has 0 aromatic rings. The van der Waals surface area contributed by atoms with Crippen molar-refractivity contribution in [1.29, 1.82) is 0 Å². The van der Waals surface area contributed by atoms with Gasteiger partial charge < -0.3 is 10.2 Å². The highest BCUT2D eigenvalue weighted by atomic mass is 16.2. The molecule has 4 heteroatoms. The highest BCUT2D eigenvalue weighted by Crippen LogP contribution is 2.28. The van der Waals surface area contributed by atoms with Crippen LogP contribution in [0.3, 0.4) is 0 Å². The number of carbonyl (C=O) groups excluding carboxylic acids is 1. The molecule has 2 atom stereocenters. The van der Waals surface area contributed by atoms with Gasteiger partial charge in [0.05, 0.1) is 0 Å². The summed E-state index contributed by atoms with van der Waals surface area (Å²) >= 11 is 0. The summed E-state index contributed by atoms with van der Waals surface area (Å²) in [5.41, 5.74) is 0. The molecule has 4 nitrogen and oxygen atoms in total. The summed E-state index contributed by atoms with van der Waals surface area (Å²) in [6.45, 7) is 4.32. The zero-order valence-corrected chi connectivity index (χ0v) is 11.2. The van der Waals surface area contributed by atoms with Crippen molar-refractivity contribution in [2.75, 3.05) is 26.2 Å². The molecule has 18 heavy (non-hydrogen) atoms. The van der Waals surface area contributed by atoms with Crippen molar-refractivity contribution in [3.05, 3.63) is 0 Å². The molecular weight excluding hydrogens is 226 g/mol. The number of urea groups is 1. The van der Waals surface area contributed by atoms with E-state index in [1.807, 2.05) is 4.90 Å². The molecule has 0 aromatic carbocycles. The first-order valence-electron chi connectivity index (χ1n) is 7.64. The van der Waals surface area contributed by atoms with Crippen LogP contribution in [0.2, 0.25) is 0 Å². The number of nitrogens with zero attached hydrogens (tertiary/aromatic N) is 2. The Morgan fingerprint density at radius 2 is 1.67 bits per heavy atom. The van der Waals surface area contributed by atoms with E-state index in [-0.39, 0.29) is 6.03 Å². The molecule has 0 aliphatic carbocycles. The average molecular weight is 251 g/mol. The fraction of sp³-hybridized carbons (Fsp3) is 0.929. The van der Waals surface area contributed by atoms with Gasteiger partial charge in [-0.25, -0.2) is 4.79 Å². The normalized spacial score (nSPS) is 33.2. The second kappa shape index (κ2) is 5.47. The molecule has 0 aromatic heterocycles. The molecule has 0 radical (unpaired) electrons. The van der Waals surface area contributed by atoms with Crippen molar-refractivity contribution >= 4 is 6.03 Å². The molecule has 1 N–H and O–H groups in total.